The van der Waals surface area contributed by atoms with Gasteiger partial charge in [0.05, 0.1) is 13.7 Å². The van der Waals surface area contributed by atoms with Crippen molar-refractivity contribution in [1.82, 2.24) is 5.32 Å². The fourth-order valence-corrected chi connectivity index (χ4v) is 3.55. The molecule has 0 radical (unpaired) electrons. The molecule has 3 rings (SSSR count). The van der Waals surface area contributed by atoms with Crippen molar-refractivity contribution >= 4 is 27.9 Å². The fourth-order valence-electron chi connectivity index (χ4n) is 2.98. The number of hydrogen-bond donors (Lipinski definition) is 1. The highest BCUT2D eigenvalue weighted by Crippen LogP contribution is 2.41. The van der Waals surface area contributed by atoms with E-state index >= 15 is 0 Å². The molecule has 0 fully saturated rings. The molecule has 1 atom stereocenters. The van der Waals surface area contributed by atoms with Crippen molar-refractivity contribution in [2.75, 3.05) is 13.7 Å². The van der Waals surface area contributed by atoms with Crippen molar-refractivity contribution in [3.63, 3.8) is 0 Å². The summed E-state index contributed by atoms with van der Waals surface area (Å²) in [5.74, 6) is 0.714. The summed E-state index contributed by atoms with van der Waals surface area (Å²) in [6, 6.07) is 4.32. The van der Waals surface area contributed by atoms with Gasteiger partial charge in [-0.05, 0) is 30.5 Å². The zero-order chi connectivity index (χ0) is 15.0. The topological polar surface area (TPSA) is 59.9 Å². The molecule has 21 heavy (non-hydrogen) atoms. The van der Waals surface area contributed by atoms with Crippen molar-refractivity contribution in [3.05, 3.63) is 27.7 Å². The van der Waals surface area contributed by atoms with E-state index in [1.807, 2.05) is 12.1 Å². The SMILES string of the molecule is COc1ccc(Br)c2c1CC1(CC2)CN=C(NC(C)=O)O1. The molecule has 0 aromatic heterocycles. The molecule has 2 aliphatic rings. The third-order valence-corrected chi connectivity index (χ3v) is 4.73. The average molecular weight is 353 g/mol. The number of nitrogens with one attached hydrogen (secondary N) is 1. The maximum Gasteiger partial charge on any atom is 0.292 e. The first-order valence-electron chi connectivity index (χ1n) is 6.88. The maximum atomic E-state index is 11.1. The second kappa shape index (κ2) is 5.33. The van der Waals surface area contributed by atoms with Gasteiger partial charge in [-0.15, -0.1) is 0 Å². The van der Waals surface area contributed by atoms with Crippen LogP contribution in [0.4, 0.5) is 0 Å². The van der Waals surface area contributed by atoms with Crippen LogP contribution in [0, 0.1) is 0 Å². The average Bonchev–Trinajstić information content (AvgIpc) is 2.81. The minimum atomic E-state index is -0.362. The number of rotatable bonds is 1. The Kier molecular flexibility index (Phi) is 3.65. The third-order valence-electron chi connectivity index (χ3n) is 3.99. The molecule has 1 aromatic carbocycles. The number of aliphatic imine (C=N–C) groups is 1. The first-order chi connectivity index (χ1) is 10.0. The van der Waals surface area contributed by atoms with E-state index in [0.717, 1.165) is 35.0 Å². The Hall–Kier alpha value is -1.56. The normalized spacial score (nSPS) is 23.3. The standard InChI is InChI=1S/C15H17BrN2O3/c1-9(19)18-14-17-8-15(21-14)6-5-10-11(7-15)13(20-2)4-3-12(10)16/h3-4H,5-8H2,1-2H3,(H,17,18,19). The molecular weight excluding hydrogens is 336 g/mol. The van der Waals surface area contributed by atoms with Crippen LogP contribution in [0.25, 0.3) is 0 Å². The molecule has 1 amide bonds. The van der Waals surface area contributed by atoms with Crippen molar-refractivity contribution in [2.24, 2.45) is 4.99 Å². The fraction of sp³-hybridized carbons (Fsp3) is 0.467. The lowest BCUT2D eigenvalue weighted by Crippen LogP contribution is -2.42. The van der Waals surface area contributed by atoms with Crippen LogP contribution in [-0.2, 0) is 22.4 Å². The lowest BCUT2D eigenvalue weighted by Gasteiger charge is -2.34. The zero-order valence-electron chi connectivity index (χ0n) is 12.0. The maximum absolute atomic E-state index is 11.1. The molecule has 0 saturated carbocycles. The second-order valence-electron chi connectivity index (χ2n) is 5.47. The minimum absolute atomic E-state index is 0.165. The van der Waals surface area contributed by atoms with Gasteiger partial charge in [-0.2, -0.15) is 0 Å². The number of hydrogen-bond acceptors (Lipinski definition) is 4. The highest BCUT2D eigenvalue weighted by molar-refractivity contribution is 9.10. The van der Waals surface area contributed by atoms with E-state index in [4.69, 9.17) is 9.47 Å². The van der Waals surface area contributed by atoms with Gasteiger partial charge in [0.1, 0.15) is 11.4 Å². The van der Waals surface area contributed by atoms with Gasteiger partial charge >= 0.3 is 0 Å². The van der Waals surface area contributed by atoms with Gasteiger partial charge in [-0.1, -0.05) is 15.9 Å². The quantitative estimate of drug-likeness (QED) is 0.842. The Morgan fingerprint density at radius 3 is 3.00 bits per heavy atom. The Morgan fingerprint density at radius 2 is 2.29 bits per heavy atom. The smallest absolute Gasteiger partial charge is 0.292 e. The van der Waals surface area contributed by atoms with Crippen molar-refractivity contribution in [2.45, 2.75) is 31.8 Å². The summed E-state index contributed by atoms with van der Waals surface area (Å²) in [5, 5.41) is 2.63. The van der Waals surface area contributed by atoms with Gasteiger partial charge in [-0.3, -0.25) is 10.1 Å². The number of nitrogens with zero attached hydrogens (tertiary/aromatic N) is 1. The number of fused-ring (bicyclic) bond motifs is 1. The predicted octanol–water partition coefficient (Wildman–Crippen LogP) is 2.21. The highest BCUT2D eigenvalue weighted by Gasteiger charge is 2.42. The predicted molar refractivity (Wildman–Crippen MR) is 82.7 cm³/mol. The molecule has 112 valence electrons. The lowest BCUT2D eigenvalue weighted by atomic mass is 9.80. The molecular formula is C15H17BrN2O3. The van der Waals surface area contributed by atoms with Crippen LogP contribution in [0.1, 0.15) is 24.5 Å². The van der Waals surface area contributed by atoms with Gasteiger partial charge in [0.2, 0.25) is 5.91 Å². The first-order valence-corrected chi connectivity index (χ1v) is 7.68. The van der Waals surface area contributed by atoms with Crippen LogP contribution >= 0.6 is 15.9 Å². The molecule has 1 heterocycles. The molecule has 1 aromatic rings. The largest absolute Gasteiger partial charge is 0.496 e. The molecule has 0 saturated heterocycles. The van der Waals surface area contributed by atoms with Crippen LogP contribution in [0.5, 0.6) is 5.75 Å². The molecule has 1 N–H and O–H groups in total. The number of methoxy groups -OCH3 is 1. The molecule has 1 aliphatic heterocycles. The van der Waals surface area contributed by atoms with Gasteiger partial charge in [0.15, 0.2) is 0 Å². The molecule has 0 bridgehead atoms. The van der Waals surface area contributed by atoms with Gasteiger partial charge < -0.3 is 9.47 Å². The van der Waals surface area contributed by atoms with Crippen LogP contribution in [0.3, 0.4) is 0 Å². The third kappa shape index (κ3) is 2.64. The number of amides is 1. The number of carbonyl (C=O) groups is 1. The monoisotopic (exact) mass is 352 g/mol. The summed E-state index contributed by atoms with van der Waals surface area (Å²) in [7, 11) is 1.68. The van der Waals surface area contributed by atoms with Gasteiger partial charge in [-0.25, -0.2) is 4.99 Å². The second-order valence-corrected chi connectivity index (χ2v) is 6.33. The van der Waals surface area contributed by atoms with E-state index in [0.29, 0.717) is 12.6 Å². The summed E-state index contributed by atoms with van der Waals surface area (Å²) in [6.07, 6.45) is 2.51. The molecule has 5 nitrogen and oxygen atoms in total. The number of amidine groups is 1. The summed E-state index contributed by atoms with van der Waals surface area (Å²) < 4.78 is 12.5. The lowest BCUT2D eigenvalue weighted by molar-refractivity contribution is -0.118. The van der Waals surface area contributed by atoms with Crippen LogP contribution < -0.4 is 10.1 Å². The Labute approximate surface area is 131 Å². The van der Waals surface area contributed by atoms with Crippen molar-refractivity contribution in [3.8, 4) is 5.75 Å². The molecule has 1 unspecified atom stereocenters. The van der Waals surface area contributed by atoms with Crippen LogP contribution in [0.2, 0.25) is 0 Å². The Bertz CT molecular complexity index is 630. The number of benzene rings is 1. The van der Waals surface area contributed by atoms with Crippen molar-refractivity contribution in [1.29, 1.82) is 0 Å². The summed E-state index contributed by atoms with van der Waals surface area (Å²) >= 11 is 3.60. The number of carbonyl (C=O) groups excluding carboxylic acids is 1. The number of halogens is 1. The van der Waals surface area contributed by atoms with Crippen molar-refractivity contribution < 1.29 is 14.3 Å². The van der Waals surface area contributed by atoms with Crippen LogP contribution in [-0.4, -0.2) is 31.2 Å². The molecule has 6 heteroatoms. The van der Waals surface area contributed by atoms with E-state index in [1.165, 1.54) is 12.5 Å². The summed E-state index contributed by atoms with van der Waals surface area (Å²) in [4.78, 5) is 15.4. The van der Waals surface area contributed by atoms with E-state index in [1.54, 1.807) is 7.11 Å². The molecule has 1 aliphatic carbocycles. The molecule has 1 spiro atoms. The van der Waals surface area contributed by atoms with E-state index < -0.39 is 0 Å². The highest BCUT2D eigenvalue weighted by atomic mass is 79.9. The van der Waals surface area contributed by atoms with E-state index in [2.05, 4.69) is 26.2 Å². The van der Waals surface area contributed by atoms with E-state index in [9.17, 15) is 4.79 Å². The van der Waals surface area contributed by atoms with E-state index in [-0.39, 0.29) is 11.5 Å². The summed E-state index contributed by atoms with van der Waals surface area (Å²) in [6.45, 7) is 2.02. The zero-order valence-corrected chi connectivity index (χ0v) is 13.6. The van der Waals surface area contributed by atoms with Crippen LogP contribution in [0.15, 0.2) is 21.6 Å². The Balaban J connectivity index is 1.85. The summed E-state index contributed by atoms with van der Waals surface area (Å²) in [5.41, 5.74) is 2.08. The number of ether oxygens (including phenoxy) is 2. The Morgan fingerprint density at radius 1 is 1.48 bits per heavy atom. The first kappa shape index (κ1) is 14.4. The van der Waals surface area contributed by atoms with Gasteiger partial charge in [0.25, 0.3) is 6.02 Å². The van der Waals surface area contributed by atoms with Gasteiger partial charge in [0, 0.05) is 23.4 Å². The minimum Gasteiger partial charge on any atom is -0.496 e.